The van der Waals surface area contributed by atoms with E-state index in [9.17, 15) is 13.2 Å². The van der Waals surface area contributed by atoms with Gasteiger partial charge in [0.15, 0.2) is 11.5 Å². The summed E-state index contributed by atoms with van der Waals surface area (Å²) in [5.74, 6) is 1.01. The van der Waals surface area contributed by atoms with Crippen LogP contribution in [0.5, 0.6) is 11.5 Å². The van der Waals surface area contributed by atoms with Crippen LogP contribution in [-0.4, -0.2) is 52.0 Å². The van der Waals surface area contributed by atoms with Crippen molar-refractivity contribution in [1.29, 1.82) is 0 Å². The van der Waals surface area contributed by atoms with E-state index in [4.69, 9.17) is 9.47 Å². The molecule has 1 heterocycles. The standard InChI is InChI=1S/C19H23N3O5S/c1-13(20-15-7-8-17-18(12-15)27-10-9-26-17)19(23)21-14-5-4-6-16(11-14)28(24,25)22(2)3/h4-8,11-13,20H,9-10H2,1-3H3,(H,21,23)/t13-/m0/s1. The summed E-state index contributed by atoms with van der Waals surface area (Å²) in [6, 6.07) is 11.0. The number of rotatable bonds is 6. The Morgan fingerprint density at radius 2 is 1.75 bits per heavy atom. The maximum atomic E-state index is 12.5. The second-order valence-corrected chi connectivity index (χ2v) is 8.68. The molecule has 28 heavy (non-hydrogen) atoms. The van der Waals surface area contributed by atoms with E-state index < -0.39 is 16.1 Å². The van der Waals surface area contributed by atoms with Gasteiger partial charge in [0.25, 0.3) is 0 Å². The van der Waals surface area contributed by atoms with Crippen molar-refractivity contribution in [2.75, 3.05) is 37.9 Å². The number of anilines is 2. The van der Waals surface area contributed by atoms with Crippen molar-refractivity contribution in [2.45, 2.75) is 17.9 Å². The van der Waals surface area contributed by atoms with Crippen molar-refractivity contribution in [3.05, 3.63) is 42.5 Å². The fourth-order valence-corrected chi connectivity index (χ4v) is 3.59. The predicted octanol–water partition coefficient (Wildman–Crippen LogP) is 2.15. The lowest BCUT2D eigenvalue weighted by atomic mass is 10.2. The highest BCUT2D eigenvalue weighted by Gasteiger charge is 2.19. The molecular formula is C19H23N3O5S. The third-order valence-electron chi connectivity index (χ3n) is 4.20. The van der Waals surface area contributed by atoms with Crippen molar-refractivity contribution in [3.63, 3.8) is 0 Å². The Labute approximate surface area is 164 Å². The van der Waals surface area contributed by atoms with Gasteiger partial charge in [-0.3, -0.25) is 4.79 Å². The van der Waals surface area contributed by atoms with Gasteiger partial charge in [-0.25, -0.2) is 12.7 Å². The minimum Gasteiger partial charge on any atom is -0.486 e. The first-order valence-electron chi connectivity index (χ1n) is 8.77. The number of fused-ring (bicyclic) bond motifs is 1. The van der Waals surface area contributed by atoms with Gasteiger partial charge in [-0.1, -0.05) is 6.07 Å². The lowest BCUT2D eigenvalue weighted by Gasteiger charge is -2.20. The summed E-state index contributed by atoms with van der Waals surface area (Å²) in [5, 5.41) is 5.84. The van der Waals surface area contributed by atoms with Crippen LogP contribution < -0.4 is 20.1 Å². The summed E-state index contributed by atoms with van der Waals surface area (Å²) in [6.07, 6.45) is 0. The average Bonchev–Trinajstić information content (AvgIpc) is 2.68. The third-order valence-corrected chi connectivity index (χ3v) is 6.01. The van der Waals surface area contributed by atoms with Crippen molar-refractivity contribution in [1.82, 2.24) is 4.31 Å². The Morgan fingerprint density at radius 1 is 1.04 bits per heavy atom. The van der Waals surface area contributed by atoms with Crippen LogP contribution in [0.25, 0.3) is 0 Å². The number of ether oxygens (including phenoxy) is 2. The van der Waals surface area contributed by atoms with E-state index in [1.807, 2.05) is 6.07 Å². The molecule has 1 amide bonds. The smallest absolute Gasteiger partial charge is 0.246 e. The Balaban J connectivity index is 1.68. The van der Waals surface area contributed by atoms with Gasteiger partial charge in [0, 0.05) is 31.5 Å². The van der Waals surface area contributed by atoms with Gasteiger partial charge in [0.05, 0.1) is 4.90 Å². The minimum atomic E-state index is -3.57. The summed E-state index contributed by atoms with van der Waals surface area (Å²) in [4.78, 5) is 12.6. The van der Waals surface area contributed by atoms with Crippen LogP contribution in [0.1, 0.15) is 6.92 Å². The quantitative estimate of drug-likeness (QED) is 0.764. The number of hydrogen-bond acceptors (Lipinski definition) is 6. The van der Waals surface area contributed by atoms with Gasteiger partial charge < -0.3 is 20.1 Å². The number of hydrogen-bond donors (Lipinski definition) is 2. The van der Waals surface area contributed by atoms with Crippen LogP contribution in [-0.2, 0) is 14.8 Å². The summed E-state index contributed by atoms with van der Waals surface area (Å²) < 4.78 is 36.6. The normalized spacial score (nSPS) is 14.4. The number of nitrogens with one attached hydrogen (secondary N) is 2. The molecule has 0 aliphatic carbocycles. The second-order valence-electron chi connectivity index (χ2n) is 6.53. The molecule has 1 atom stereocenters. The highest BCUT2D eigenvalue weighted by Crippen LogP contribution is 2.32. The number of benzene rings is 2. The maximum absolute atomic E-state index is 12.5. The Kier molecular flexibility index (Phi) is 5.76. The molecule has 0 saturated heterocycles. The van der Waals surface area contributed by atoms with Gasteiger partial charge >= 0.3 is 0 Å². The van der Waals surface area contributed by atoms with Gasteiger partial charge in [-0.15, -0.1) is 0 Å². The van der Waals surface area contributed by atoms with Crippen LogP contribution in [0.15, 0.2) is 47.4 Å². The zero-order chi connectivity index (χ0) is 20.3. The maximum Gasteiger partial charge on any atom is 0.246 e. The average molecular weight is 405 g/mol. The molecule has 2 N–H and O–H groups in total. The monoisotopic (exact) mass is 405 g/mol. The Bertz CT molecular complexity index is 975. The van der Waals surface area contributed by atoms with Crippen LogP contribution in [0, 0.1) is 0 Å². The lowest BCUT2D eigenvalue weighted by Crippen LogP contribution is -2.32. The van der Waals surface area contributed by atoms with E-state index >= 15 is 0 Å². The molecule has 2 aromatic rings. The van der Waals surface area contributed by atoms with E-state index in [-0.39, 0.29) is 10.8 Å². The van der Waals surface area contributed by atoms with Gasteiger partial charge in [-0.05, 0) is 37.3 Å². The van der Waals surface area contributed by atoms with E-state index in [0.29, 0.717) is 30.4 Å². The summed E-state index contributed by atoms with van der Waals surface area (Å²) in [7, 11) is -0.656. The topological polar surface area (TPSA) is 97.0 Å². The van der Waals surface area contributed by atoms with Crippen LogP contribution in [0.2, 0.25) is 0 Å². The first kappa shape index (κ1) is 20.0. The van der Waals surface area contributed by atoms with Crippen LogP contribution in [0.3, 0.4) is 0 Å². The van der Waals surface area contributed by atoms with Gasteiger partial charge in [0.1, 0.15) is 19.3 Å². The first-order chi connectivity index (χ1) is 13.3. The molecule has 9 heteroatoms. The van der Waals surface area contributed by atoms with Crippen molar-refractivity contribution in [3.8, 4) is 11.5 Å². The molecule has 150 valence electrons. The SMILES string of the molecule is C[C@H](Nc1ccc2c(c1)OCCO2)C(=O)Nc1cccc(S(=O)(=O)N(C)C)c1. The molecule has 0 unspecified atom stereocenters. The van der Waals surface area contributed by atoms with E-state index in [1.165, 1.54) is 26.2 Å². The first-order valence-corrected chi connectivity index (χ1v) is 10.2. The van der Waals surface area contributed by atoms with E-state index in [2.05, 4.69) is 10.6 Å². The van der Waals surface area contributed by atoms with Crippen LogP contribution in [0.4, 0.5) is 11.4 Å². The highest BCUT2D eigenvalue weighted by atomic mass is 32.2. The molecule has 0 saturated carbocycles. The number of carbonyl (C=O) groups excluding carboxylic acids is 1. The van der Waals surface area contributed by atoms with Crippen molar-refractivity contribution >= 4 is 27.3 Å². The molecule has 2 aromatic carbocycles. The largest absolute Gasteiger partial charge is 0.486 e. The molecule has 3 rings (SSSR count). The minimum absolute atomic E-state index is 0.114. The fourth-order valence-electron chi connectivity index (χ4n) is 2.64. The molecule has 0 fully saturated rings. The van der Waals surface area contributed by atoms with Crippen molar-refractivity contribution < 1.29 is 22.7 Å². The molecule has 0 aromatic heterocycles. The fraction of sp³-hybridized carbons (Fsp3) is 0.316. The van der Waals surface area contributed by atoms with Gasteiger partial charge in [0.2, 0.25) is 15.9 Å². The molecule has 8 nitrogen and oxygen atoms in total. The molecule has 0 spiro atoms. The van der Waals surface area contributed by atoms with Crippen LogP contribution >= 0.6 is 0 Å². The number of carbonyl (C=O) groups is 1. The molecule has 1 aliphatic rings. The highest BCUT2D eigenvalue weighted by molar-refractivity contribution is 7.89. The lowest BCUT2D eigenvalue weighted by molar-refractivity contribution is -0.116. The third kappa shape index (κ3) is 4.37. The Hall–Kier alpha value is -2.78. The number of amides is 1. The molecule has 1 aliphatic heterocycles. The van der Waals surface area contributed by atoms with E-state index in [0.717, 1.165) is 9.99 Å². The zero-order valence-corrected chi connectivity index (χ0v) is 16.7. The second kappa shape index (κ2) is 8.07. The summed E-state index contributed by atoms with van der Waals surface area (Å²) >= 11 is 0. The van der Waals surface area contributed by atoms with E-state index in [1.54, 1.807) is 31.2 Å². The summed E-state index contributed by atoms with van der Waals surface area (Å²) in [6.45, 7) is 2.71. The number of nitrogens with zero attached hydrogens (tertiary/aromatic N) is 1. The zero-order valence-electron chi connectivity index (χ0n) is 15.9. The predicted molar refractivity (Wildman–Crippen MR) is 106 cm³/mol. The van der Waals surface area contributed by atoms with Crippen molar-refractivity contribution in [2.24, 2.45) is 0 Å². The number of sulfonamides is 1. The summed E-state index contributed by atoms with van der Waals surface area (Å²) in [5.41, 5.74) is 1.12. The Morgan fingerprint density at radius 3 is 2.46 bits per heavy atom. The molecule has 0 radical (unpaired) electrons. The molecular weight excluding hydrogens is 382 g/mol. The van der Waals surface area contributed by atoms with Gasteiger partial charge in [-0.2, -0.15) is 0 Å². The molecule has 0 bridgehead atoms.